The lowest BCUT2D eigenvalue weighted by atomic mass is 10.1. The van der Waals surface area contributed by atoms with Gasteiger partial charge < -0.3 is 14.2 Å². The third-order valence-corrected chi connectivity index (χ3v) is 4.32. The predicted molar refractivity (Wildman–Crippen MR) is 95.8 cm³/mol. The highest BCUT2D eigenvalue weighted by molar-refractivity contribution is 5.83. The summed E-state index contributed by atoms with van der Waals surface area (Å²) in [7, 11) is 0. The first-order valence-electron chi connectivity index (χ1n) is 8.46. The first-order chi connectivity index (χ1) is 12.7. The highest BCUT2D eigenvalue weighted by Gasteiger charge is 2.27. The van der Waals surface area contributed by atoms with Gasteiger partial charge >= 0.3 is 0 Å². The summed E-state index contributed by atoms with van der Waals surface area (Å²) in [6.07, 6.45) is 1.47. The van der Waals surface area contributed by atoms with Crippen LogP contribution in [0.15, 0.2) is 33.8 Å². The Kier molecular flexibility index (Phi) is 3.67. The van der Waals surface area contributed by atoms with E-state index in [2.05, 4.69) is 15.1 Å². The molecule has 1 N–H and O–H groups in total. The van der Waals surface area contributed by atoms with Crippen molar-refractivity contribution in [1.29, 1.82) is 0 Å². The molecule has 0 bridgehead atoms. The van der Waals surface area contributed by atoms with Gasteiger partial charge in [-0.25, -0.2) is 9.37 Å². The van der Waals surface area contributed by atoms with Crippen molar-refractivity contribution in [3.05, 3.63) is 46.6 Å². The topological polar surface area (TPSA) is 98.5 Å². The summed E-state index contributed by atoms with van der Waals surface area (Å²) in [5.74, 6) is -0.307. The van der Waals surface area contributed by atoms with E-state index < -0.39 is 11.4 Å². The number of aromatic nitrogens is 5. The fraction of sp³-hybridized carbons (Fsp3) is 0.333. The summed E-state index contributed by atoms with van der Waals surface area (Å²) in [6, 6.07) is 4.06. The van der Waals surface area contributed by atoms with Crippen molar-refractivity contribution in [1.82, 2.24) is 24.1 Å². The summed E-state index contributed by atoms with van der Waals surface area (Å²) < 4.78 is 22.0. The number of aliphatic hydroxyl groups is 1. The lowest BCUT2D eigenvalue weighted by Gasteiger charge is -2.15. The van der Waals surface area contributed by atoms with E-state index in [1.807, 2.05) is 13.8 Å². The average Bonchev–Trinajstić information content (AvgIpc) is 3.21. The molecular formula is C18H18FN5O3. The molecule has 0 aliphatic heterocycles. The fourth-order valence-corrected chi connectivity index (χ4v) is 3.10. The first kappa shape index (κ1) is 17.3. The molecule has 0 aliphatic rings. The zero-order chi connectivity index (χ0) is 19.5. The van der Waals surface area contributed by atoms with Crippen molar-refractivity contribution < 1.29 is 14.0 Å². The number of imidazole rings is 1. The van der Waals surface area contributed by atoms with E-state index in [1.165, 1.54) is 36.9 Å². The molecule has 140 valence electrons. The molecule has 4 aromatic rings. The largest absolute Gasteiger partial charge is 0.381 e. The van der Waals surface area contributed by atoms with E-state index in [0.717, 1.165) is 0 Å². The summed E-state index contributed by atoms with van der Waals surface area (Å²) in [5, 5.41) is 13.9. The molecular weight excluding hydrogens is 353 g/mol. The van der Waals surface area contributed by atoms with Crippen molar-refractivity contribution in [2.24, 2.45) is 0 Å². The Bertz CT molecular complexity index is 1230. The number of hydrogen-bond donors (Lipinski definition) is 1. The Hall–Kier alpha value is -3.07. The van der Waals surface area contributed by atoms with E-state index in [1.54, 1.807) is 10.5 Å². The maximum absolute atomic E-state index is 13.8. The monoisotopic (exact) mass is 371 g/mol. The standard InChI is InChI=1S/C18H18FN5O3/c1-9(2)24-12-7-10(19)5-6-11(12)23-8-20-13(14(23)16(24)25)15-21-17(27-22-15)18(3,4)26/h5-9,26H,1-4H3. The van der Waals surface area contributed by atoms with Crippen LogP contribution < -0.4 is 5.56 Å². The molecule has 1 aromatic carbocycles. The molecule has 0 unspecified atom stereocenters. The molecule has 0 saturated carbocycles. The smallest absolute Gasteiger partial charge is 0.278 e. The Morgan fingerprint density at radius 2 is 2.00 bits per heavy atom. The van der Waals surface area contributed by atoms with Crippen LogP contribution >= 0.6 is 0 Å². The van der Waals surface area contributed by atoms with Crippen LogP contribution in [-0.4, -0.2) is 29.2 Å². The minimum absolute atomic E-state index is 0.0192. The maximum atomic E-state index is 13.8. The van der Waals surface area contributed by atoms with E-state index in [-0.39, 0.29) is 34.5 Å². The number of benzene rings is 1. The van der Waals surface area contributed by atoms with Gasteiger partial charge in [0.1, 0.15) is 29.0 Å². The van der Waals surface area contributed by atoms with Gasteiger partial charge in [-0.2, -0.15) is 4.98 Å². The van der Waals surface area contributed by atoms with Crippen molar-refractivity contribution in [2.75, 3.05) is 0 Å². The SMILES string of the molecule is CC(C)n1c(=O)c2c(-c3noc(C(C)(C)O)n3)ncn2c2ccc(F)cc21. The molecule has 3 aromatic heterocycles. The van der Waals surface area contributed by atoms with Crippen molar-refractivity contribution >= 4 is 16.6 Å². The second-order valence-corrected chi connectivity index (χ2v) is 7.20. The quantitative estimate of drug-likeness (QED) is 0.594. The molecule has 0 aliphatic carbocycles. The van der Waals surface area contributed by atoms with Gasteiger partial charge in [0.15, 0.2) is 0 Å². The van der Waals surface area contributed by atoms with Crippen LogP contribution in [0.4, 0.5) is 4.39 Å². The zero-order valence-electron chi connectivity index (χ0n) is 15.3. The van der Waals surface area contributed by atoms with Gasteiger partial charge in [0, 0.05) is 6.04 Å². The lowest BCUT2D eigenvalue weighted by Crippen LogP contribution is -2.24. The summed E-state index contributed by atoms with van der Waals surface area (Å²) in [4.78, 5) is 21.7. The average molecular weight is 371 g/mol. The van der Waals surface area contributed by atoms with E-state index in [9.17, 15) is 14.3 Å². The number of nitrogens with zero attached hydrogens (tertiary/aromatic N) is 5. The van der Waals surface area contributed by atoms with Gasteiger partial charge in [-0.15, -0.1) is 0 Å². The van der Waals surface area contributed by atoms with Crippen LogP contribution in [0.1, 0.15) is 39.6 Å². The second kappa shape index (κ2) is 5.71. The number of hydrogen-bond acceptors (Lipinski definition) is 6. The lowest BCUT2D eigenvalue weighted by molar-refractivity contribution is 0.0420. The van der Waals surface area contributed by atoms with Gasteiger partial charge in [-0.3, -0.25) is 9.20 Å². The van der Waals surface area contributed by atoms with Crippen LogP contribution in [0.5, 0.6) is 0 Å². The normalized spacial score (nSPS) is 12.6. The third kappa shape index (κ3) is 2.62. The van der Waals surface area contributed by atoms with E-state index >= 15 is 0 Å². The molecule has 4 rings (SSSR count). The third-order valence-electron chi connectivity index (χ3n) is 4.32. The molecule has 27 heavy (non-hydrogen) atoms. The highest BCUT2D eigenvalue weighted by atomic mass is 19.1. The van der Waals surface area contributed by atoms with Gasteiger partial charge in [0.25, 0.3) is 11.4 Å². The van der Waals surface area contributed by atoms with Crippen LogP contribution in [0.2, 0.25) is 0 Å². The molecule has 0 amide bonds. The number of fused-ring (bicyclic) bond motifs is 3. The van der Waals surface area contributed by atoms with Crippen LogP contribution in [-0.2, 0) is 5.60 Å². The molecule has 0 radical (unpaired) electrons. The highest BCUT2D eigenvalue weighted by Crippen LogP contribution is 2.26. The van der Waals surface area contributed by atoms with Crippen molar-refractivity contribution in [3.63, 3.8) is 0 Å². The summed E-state index contributed by atoms with van der Waals surface area (Å²) in [5.41, 5.74) is -0.0687. The van der Waals surface area contributed by atoms with Crippen LogP contribution in [0.25, 0.3) is 28.1 Å². The van der Waals surface area contributed by atoms with Crippen LogP contribution in [0, 0.1) is 5.82 Å². The van der Waals surface area contributed by atoms with Crippen molar-refractivity contribution in [3.8, 4) is 11.5 Å². The number of rotatable bonds is 3. The van der Waals surface area contributed by atoms with E-state index in [4.69, 9.17) is 4.52 Å². The predicted octanol–water partition coefficient (Wildman–Crippen LogP) is 2.65. The second-order valence-electron chi connectivity index (χ2n) is 7.20. The molecule has 8 nitrogen and oxygen atoms in total. The van der Waals surface area contributed by atoms with Gasteiger partial charge in [-0.1, -0.05) is 5.16 Å². The van der Waals surface area contributed by atoms with Crippen molar-refractivity contribution in [2.45, 2.75) is 39.3 Å². The fourth-order valence-electron chi connectivity index (χ4n) is 3.10. The molecule has 0 fully saturated rings. The molecule has 0 spiro atoms. The van der Waals surface area contributed by atoms with Gasteiger partial charge in [-0.05, 0) is 45.9 Å². The Labute approximate surface area is 152 Å². The first-order valence-corrected chi connectivity index (χ1v) is 8.46. The minimum Gasteiger partial charge on any atom is -0.381 e. The van der Waals surface area contributed by atoms with Gasteiger partial charge in [0.05, 0.1) is 11.0 Å². The molecule has 3 heterocycles. The Morgan fingerprint density at radius 3 is 2.63 bits per heavy atom. The molecule has 0 saturated heterocycles. The maximum Gasteiger partial charge on any atom is 0.278 e. The van der Waals surface area contributed by atoms with E-state index in [0.29, 0.717) is 11.0 Å². The van der Waals surface area contributed by atoms with Crippen LogP contribution in [0.3, 0.4) is 0 Å². The number of halogens is 1. The van der Waals surface area contributed by atoms with Gasteiger partial charge in [0.2, 0.25) is 5.82 Å². The Morgan fingerprint density at radius 1 is 1.26 bits per heavy atom. The zero-order valence-corrected chi connectivity index (χ0v) is 15.3. The summed E-state index contributed by atoms with van der Waals surface area (Å²) in [6.45, 7) is 6.73. The Balaban J connectivity index is 2.09. The molecule has 9 heteroatoms. The minimum atomic E-state index is -1.32. The summed E-state index contributed by atoms with van der Waals surface area (Å²) >= 11 is 0. The molecule has 0 atom stereocenters.